The molecule has 0 spiro atoms. The molecule has 49 heavy (non-hydrogen) atoms. The zero-order valence-electron chi connectivity index (χ0n) is 28.9. The maximum Gasteiger partial charge on any atom is 0.410 e. The van der Waals surface area contributed by atoms with Crippen molar-refractivity contribution in [2.75, 3.05) is 26.8 Å². The third-order valence-electron chi connectivity index (χ3n) is 9.59. The van der Waals surface area contributed by atoms with Crippen LogP contribution in [0.15, 0.2) is 79.0 Å². The summed E-state index contributed by atoms with van der Waals surface area (Å²) in [5.74, 6) is -1.47. The van der Waals surface area contributed by atoms with Gasteiger partial charge in [-0.05, 0) is 92.8 Å². The number of piperidine rings is 1. The van der Waals surface area contributed by atoms with Gasteiger partial charge in [0.05, 0.1) is 11.5 Å². The second kappa shape index (κ2) is 14.5. The lowest BCUT2D eigenvalue weighted by Crippen LogP contribution is -2.51. The molecule has 0 unspecified atom stereocenters. The highest BCUT2D eigenvalue weighted by molar-refractivity contribution is 5.88. The van der Waals surface area contributed by atoms with Gasteiger partial charge in [-0.15, -0.1) is 0 Å². The molecule has 0 bridgehead atoms. The van der Waals surface area contributed by atoms with Crippen molar-refractivity contribution < 1.29 is 29.0 Å². The standard InChI is InChI=1S/C40H47N3O6/c1-40(2,3)49-39(47)42-21-19-33(30-10-7-9-29(23-30)27-13-15-28(16-14-27)38(45)46)35(26-42)37(44)43(32-17-18-32)25-31-24-41(20-8-22-48-4)36-12-6-5-11-34(31)36/h5-7,9-16,23-24,32-33,35H,8,17-22,25-26H2,1-4H3,(H,45,46)/t33-,35+/m1/s1. The average molecular weight is 666 g/mol. The van der Waals surface area contributed by atoms with Crippen molar-refractivity contribution in [2.45, 2.75) is 77.1 Å². The number of likely N-dealkylation sites (tertiary alicyclic amines) is 1. The number of amides is 2. The van der Waals surface area contributed by atoms with Crippen LogP contribution < -0.4 is 0 Å². The van der Waals surface area contributed by atoms with Gasteiger partial charge in [0, 0.05) is 63.0 Å². The summed E-state index contributed by atoms with van der Waals surface area (Å²) in [5.41, 5.74) is 4.76. The number of carbonyl (C=O) groups is 3. The Morgan fingerprint density at radius 1 is 0.939 bits per heavy atom. The van der Waals surface area contributed by atoms with Gasteiger partial charge in [-0.2, -0.15) is 0 Å². The van der Waals surface area contributed by atoms with Crippen LogP contribution in [0, 0.1) is 5.92 Å². The van der Waals surface area contributed by atoms with Crippen LogP contribution in [-0.2, 0) is 27.4 Å². The first kappa shape index (κ1) is 34.2. The summed E-state index contributed by atoms with van der Waals surface area (Å²) >= 11 is 0. The zero-order valence-corrected chi connectivity index (χ0v) is 28.9. The van der Waals surface area contributed by atoms with E-state index in [1.807, 2.05) is 51.1 Å². The van der Waals surface area contributed by atoms with E-state index in [2.05, 4.69) is 46.0 Å². The van der Waals surface area contributed by atoms with Crippen LogP contribution >= 0.6 is 0 Å². The van der Waals surface area contributed by atoms with Crippen LogP contribution in [0.4, 0.5) is 4.79 Å². The number of methoxy groups -OCH3 is 1. The molecular weight excluding hydrogens is 618 g/mol. The first-order valence-corrected chi connectivity index (χ1v) is 17.3. The fraction of sp³-hybridized carbons (Fsp3) is 0.425. The van der Waals surface area contributed by atoms with Crippen molar-refractivity contribution >= 4 is 28.9 Å². The number of nitrogens with zero attached hydrogens (tertiary/aromatic N) is 3. The Hall–Kier alpha value is -4.63. The van der Waals surface area contributed by atoms with E-state index in [0.717, 1.165) is 59.0 Å². The minimum absolute atomic E-state index is 0.0631. The lowest BCUT2D eigenvalue weighted by atomic mass is 9.79. The minimum Gasteiger partial charge on any atom is -0.478 e. The number of para-hydroxylation sites is 1. The molecule has 2 aliphatic rings. The molecule has 1 aromatic heterocycles. The average Bonchev–Trinajstić information content (AvgIpc) is 3.88. The van der Waals surface area contributed by atoms with Crippen molar-refractivity contribution in [2.24, 2.45) is 5.92 Å². The molecule has 2 amide bonds. The van der Waals surface area contributed by atoms with Crippen molar-refractivity contribution in [3.8, 4) is 11.1 Å². The summed E-state index contributed by atoms with van der Waals surface area (Å²) in [6, 6.07) is 23.6. The third-order valence-corrected chi connectivity index (χ3v) is 9.59. The predicted molar refractivity (Wildman–Crippen MR) is 189 cm³/mol. The van der Waals surface area contributed by atoms with E-state index in [-0.39, 0.29) is 30.0 Å². The fourth-order valence-electron chi connectivity index (χ4n) is 7.03. The van der Waals surface area contributed by atoms with Crippen LogP contribution in [-0.4, -0.2) is 75.9 Å². The highest BCUT2D eigenvalue weighted by atomic mass is 16.6. The number of ether oxygens (including phenoxy) is 2. The van der Waals surface area contributed by atoms with Crippen LogP contribution in [0.3, 0.4) is 0 Å². The summed E-state index contributed by atoms with van der Waals surface area (Å²) in [7, 11) is 1.72. The predicted octanol–water partition coefficient (Wildman–Crippen LogP) is 7.57. The molecule has 1 aliphatic carbocycles. The molecule has 6 rings (SSSR count). The van der Waals surface area contributed by atoms with Gasteiger partial charge < -0.3 is 28.9 Å². The molecule has 1 aliphatic heterocycles. The largest absolute Gasteiger partial charge is 0.478 e. The van der Waals surface area contributed by atoms with E-state index in [1.54, 1.807) is 24.1 Å². The topological polar surface area (TPSA) is 101 Å². The molecule has 9 heteroatoms. The Balaban J connectivity index is 1.32. The molecule has 1 saturated heterocycles. The number of hydrogen-bond acceptors (Lipinski definition) is 5. The number of carboxylic acid groups (broad SMARTS) is 1. The first-order chi connectivity index (χ1) is 23.5. The van der Waals surface area contributed by atoms with Crippen molar-refractivity contribution in [1.29, 1.82) is 0 Å². The summed E-state index contributed by atoms with van der Waals surface area (Å²) in [6.45, 7) is 8.35. The lowest BCUT2D eigenvalue weighted by Gasteiger charge is -2.40. The normalized spacial score (nSPS) is 18.0. The van der Waals surface area contributed by atoms with Crippen LogP contribution in [0.25, 0.3) is 22.0 Å². The van der Waals surface area contributed by atoms with Crippen molar-refractivity contribution in [3.05, 3.63) is 95.7 Å². The molecule has 2 fully saturated rings. The van der Waals surface area contributed by atoms with Crippen molar-refractivity contribution in [3.63, 3.8) is 0 Å². The molecule has 2 heterocycles. The van der Waals surface area contributed by atoms with E-state index in [0.29, 0.717) is 26.1 Å². The maximum absolute atomic E-state index is 14.9. The number of benzene rings is 3. The summed E-state index contributed by atoms with van der Waals surface area (Å²) in [6.07, 6.45) is 5.24. The summed E-state index contributed by atoms with van der Waals surface area (Å²) < 4.78 is 13.3. The molecule has 0 radical (unpaired) electrons. The Labute approximate surface area is 288 Å². The van der Waals surface area contributed by atoms with Crippen LogP contribution in [0.5, 0.6) is 0 Å². The Bertz CT molecular complexity index is 1800. The monoisotopic (exact) mass is 665 g/mol. The molecule has 9 nitrogen and oxygen atoms in total. The van der Waals surface area contributed by atoms with Crippen molar-refractivity contribution in [1.82, 2.24) is 14.4 Å². The highest BCUT2D eigenvalue weighted by Gasteiger charge is 2.43. The van der Waals surface area contributed by atoms with Gasteiger partial charge in [-0.1, -0.05) is 54.6 Å². The summed E-state index contributed by atoms with van der Waals surface area (Å²) in [5, 5.41) is 10.5. The maximum atomic E-state index is 14.9. The molecule has 4 aromatic rings. The quantitative estimate of drug-likeness (QED) is 0.166. The SMILES string of the molecule is COCCCn1cc(CN(C(=O)[C@H]2CN(C(=O)OC(C)(C)C)CC[C@@H]2c2cccc(-c3ccc(C(=O)O)cc3)c2)C2CC2)c2ccccc21. The van der Waals surface area contributed by atoms with Gasteiger partial charge >= 0.3 is 12.1 Å². The number of carboxylic acids is 1. The van der Waals surface area contributed by atoms with Gasteiger partial charge in [0.25, 0.3) is 0 Å². The first-order valence-electron chi connectivity index (χ1n) is 17.3. The number of fused-ring (bicyclic) bond motifs is 1. The van der Waals surface area contributed by atoms with Gasteiger partial charge in [0.2, 0.25) is 5.91 Å². The zero-order chi connectivity index (χ0) is 34.7. The van der Waals surface area contributed by atoms with Gasteiger partial charge in [-0.25, -0.2) is 9.59 Å². The number of hydrogen-bond donors (Lipinski definition) is 1. The lowest BCUT2D eigenvalue weighted by molar-refractivity contribution is -0.139. The van der Waals surface area contributed by atoms with Gasteiger partial charge in [0.15, 0.2) is 0 Å². The molecule has 1 N–H and O–H groups in total. The number of aromatic nitrogens is 1. The minimum atomic E-state index is -0.964. The van der Waals surface area contributed by atoms with Crippen LogP contribution in [0.1, 0.15) is 73.9 Å². The van der Waals surface area contributed by atoms with Gasteiger partial charge in [-0.3, -0.25) is 4.79 Å². The Morgan fingerprint density at radius 2 is 1.69 bits per heavy atom. The Morgan fingerprint density at radius 3 is 2.39 bits per heavy atom. The van der Waals surface area contributed by atoms with E-state index < -0.39 is 23.6 Å². The number of aryl methyl sites for hydroxylation is 1. The molecule has 3 aromatic carbocycles. The highest BCUT2D eigenvalue weighted by Crippen LogP contribution is 2.40. The van der Waals surface area contributed by atoms with E-state index in [4.69, 9.17) is 9.47 Å². The number of carbonyl (C=O) groups excluding carboxylic acids is 2. The molecular formula is C40H47N3O6. The number of rotatable bonds is 11. The fourth-order valence-corrected chi connectivity index (χ4v) is 7.03. The number of aromatic carboxylic acids is 1. The molecule has 258 valence electrons. The van der Waals surface area contributed by atoms with E-state index in [9.17, 15) is 19.5 Å². The smallest absolute Gasteiger partial charge is 0.410 e. The van der Waals surface area contributed by atoms with E-state index in [1.165, 1.54) is 0 Å². The second-order valence-electron chi connectivity index (χ2n) is 14.3. The van der Waals surface area contributed by atoms with Gasteiger partial charge in [0.1, 0.15) is 5.60 Å². The second-order valence-corrected chi connectivity index (χ2v) is 14.3. The molecule has 2 atom stereocenters. The third kappa shape index (κ3) is 7.99. The van der Waals surface area contributed by atoms with Crippen LogP contribution in [0.2, 0.25) is 0 Å². The Kier molecular flexibility index (Phi) is 10.1. The summed E-state index contributed by atoms with van der Waals surface area (Å²) in [4.78, 5) is 43.4. The molecule has 1 saturated carbocycles. The van der Waals surface area contributed by atoms with E-state index >= 15 is 0 Å².